The number of hydrogen-bond donors (Lipinski definition) is 0. The summed E-state index contributed by atoms with van der Waals surface area (Å²) >= 11 is 0. The summed E-state index contributed by atoms with van der Waals surface area (Å²) in [5.74, 6) is 0. The average Bonchev–Trinajstić information content (AvgIpc) is 3.57. The third-order valence-electron chi connectivity index (χ3n) is 10.8. The topological polar surface area (TPSA) is 13.1 Å². The number of hydrogen-bond acceptors (Lipinski definition) is 1. The van der Waals surface area contributed by atoms with Crippen LogP contribution in [0.4, 0.5) is 0 Å². The maximum Gasteiger partial charge on any atom is 0.135 e. The number of para-hydroxylation sites is 1. The summed E-state index contributed by atoms with van der Waals surface area (Å²) in [6.07, 6.45) is 0. The van der Waals surface area contributed by atoms with Crippen LogP contribution in [0.5, 0.6) is 0 Å². The van der Waals surface area contributed by atoms with E-state index in [1.165, 1.54) is 87.2 Å². The van der Waals surface area contributed by atoms with Crippen LogP contribution in [-0.4, -0.2) is 0 Å². The molecule has 0 bridgehead atoms. The molecule has 0 unspecified atom stereocenters. The van der Waals surface area contributed by atoms with E-state index in [4.69, 9.17) is 4.42 Å². The molecule has 0 N–H and O–H groups in total. The minimum Gasteiger partial charge on any atom is -0.456 e. The molecule has 0 fully saturated rings. The lowest BCUT2D eigenvalue weighted by Crippen LogP contribution is -1.92. The summed E-state index contributed by atoms with van der Waals surface area (Å²) < 4.78 is 6.10. The van der Waals surface area contributed by atoms with E-state index in [-0.39, 0.29) is 0 Å². The molecule has 0 aliphatic carbocycles. The molecule has 0 saturated heterocycles. The van der Waals surface area contributed by atoms with Crippen LogP contribution in [0.3, 0.4) is 0 Å². The fourth-order valence-corrected chi connectivity index (χ4v) is 8.47. The van der Waals surface area contributed by atoms with Gasteiger partial charge >= 0.3 is 0 Å². The Morgan fingerprint density at radius 1 is 0.255 bits per heavy atom. The molecule has 51 heavy (non-hydrogen) atoms. The minimum absolute atomic E-state index is 0.921. The Bertz CT molecular complexity index is 3140. The van der Waals surface area contributed by atoms with E-state index < -0.39 is 0 Å². The predicted molar refractivity (Wildman–Crippen MR) is 218 cm³/mol. The van der Waals surface area contributed by atoms with Crippen LogP contribution in [0.1, 0.15) is 0 Å². The lowest BCUT2D eigenvalue weighted by molar-refractivity contribution is 0.669. The van der Waals surface area contributed by atoms with Crippen LogP contribution in [0.25, 0.3) is 109 Å². The van der Waals surface area contributed by atoms with E-state index in [2.05, 4.69) is 170 Å². The van der Waals surface area contributed by atoms with E-state index in [0.29, 0.717) is 0 Å². The van der Waals surface area contributed by atoms with Crippen LogP contribution in [0.15, 0.2) is 186 Å². The van der Waals surface area contributed by atoms with Crippen LogP contribution in [0, 0.1) is 0 Å². The van der Waals surface area contributed by atoms with Crippen molar-refractivity contribution in [3.05, 3.63) is 182 Å². The fourth-order valence-electron chi connectivity index (χ4n) is 8.47. The number of furan rings is 1. The molecule has 0 spiro atoms. The Balaban J connectivity index is 1.09. The van der Waals surface area contributed by atoms with Gasteiger partial charge in [0.15, 0.2) is 0 Å². The van der Waals surface area contributed by atoms with E-state index in [1.807, 2.05) is 12.1 Å². The third kappa shape index (κ3) is 4.28. The SMILES string of the molecule is c1ccc2c(c1)ccc1c(-c3c4ccccc4c(-c4ccc5cc(-c6ccc7oc8ccccc8c7c6)ccc5c4)c4ccccc34)cccc12. The highest BCUT2D eigenvalue weighted by Crippen LogP contribution is 2.46. The van der Waals surface area contributed by atoms with Gasteiger partial charge in [0.25, 0.3) is 0 Å². The summed E-state index contributed by atoms with van der Waals surface area (Å²) in [5, 5.41) is 14.9. The third-order valence-corrected chi connectivity index (χ3v) is 10.8. The van der Waals surface area contributed by atoms with Crippen molar-refractivity contribution in [3.8, 4) is 33.4 Å². The second kappa shape index (κ2) is 10.9. The first-order valence-corrected chi connectivity index (χ1v) is 17.6. The van der Waals surface area contributed by atoms with Crippen LogP contribution in [0.2, 0.25) is 0 Å². The van der Waals surface area contributed by atoms with Crippen molar-refractivity contribution in [3.63, 3.8) is 0 Å². The van der Waals surface area contributed by atoms with Gasteiger partial charge in [-0.3, -0.25) is 0 Å². The van der Waals surface area contributed by atoms with Gasteiger partial charge in [0.1, 0.15) is 11.2 Å². The summed E-state index contributed by atoms with van der Waals surface area (Å²) in [6.45, 7) is 0. The zero-order valence-corrected chi connectivity index (χ0v) is 27.7. The van der Waals surface area contributed by atoms with E-state index in [0.717, 1.165) is 21.9 Å². The van der Waals surface area contributed by atoms with Gasteiger partial charge in [0.05, 0.1) is 0 Å². The molecule has 10 aromatic carbocycles. The monoisotopic (exact) mass is 646 g/mol. The summed E-state index contributed by atoms with van der Waals surface area (Å²) in [7, 11) is 0. The first kappa shape index (κ1) is 28.2. The zero-order valence-electron chi connectivity index (χ0n) is 27.7. The van der Waals surface area contributed by atoms with Crippen LogP contribution < -0.4 is 0 Å². The van der Waals surface area contributed by atoms with Crippen molar-refractivity contribution >= 4 is 75.8 Å². The average molecular weight is 647 g/mol. The molecule has 236 valence electrons. The summed E-state index contributed by atoms with van der Waals surface area (Å²) in [5.41, 5.74) is 9.30. The Morgan fingerprint density at radius 3 is 1.55 bits per heavy atom. The van der Waals surface area contributed by atoms with Gasteiger partial charge in [-0.15, -0.1) is 0 Å². The Hall–Kier alpha value is -6.70. The van der Waals surface area contributed by atoms with Crippen LogP contribution in [-0.2, 0) is 0 Å². The van der Waals surface area contributed by atoms with Gasteiger partial charge in [0.2, 0.25) is 0 Å². The van der Waals surface area contributed by atoms with Gasteiger partial charge in [-0.2, -0.15) is 0 Å². The minimum atomic E-state index is 0.921. The Morgan fingerprint density at radius 2 is 0.784 bits per heavy atom. The lowest BCUT2D eigenvalue weighted by Gasteiger charge is -2.19. The highest BCUT2D eigenvalue weighted by molar-refractivity contribution is 6.25. The van der Waals surface area contributed by atoms with Crippen molar-refractivity contribution < 1.29 is 4.42 Å². The second-order valence-electron chi connectivity index (χ2n) is 13.6. The smallest absolute Gasteiger partial charge is 0.135 e. The molecule has 0 amide bonds. The molecule has 1 aromatic heterocycles. The lowest BCUT2D eigenvalue weighted by atomic mass is 9.84. The zero-order chi connectivity index (χ0) is 33.5. The molecule has 0 aliphatic heterocycles. The number of rotatable bonds is 3. The van der Waals surface area contributed by atoms with Crippen molar-refractivity contribution in [2.24, 2.45) is 0 Å². The highest BCUT2D eigenvalue weighted by atomic mass is 16.3. The van der Waals surface area contributed by atoms with Crippen molar-refractivity contribution in [1.29, 1.82) is 0 Å². The molecule has 1 heteroatoms. The molecular weight excluding hydrogens is 617 g/mol. The largest absolute Gasteiger partial charge is 0.456 e. The molecule has 11 rings (SSSR count). The molecule has 0 radical (unpaired) electrons. The Labute approximate surface area is 294 Å². The molecule has 0 atom stereocenters. The highest BCUT2D eigenvalue weighted by Gasteiger charge is 2.19. The normalized spacial score (nSPS) is 11.9. The number of fused-ring (bicyclic) bond motifs is 9. The molecule has 1 heterocycles. The quantitative estimate of drug-likeness (QED) is 0.138. The van der Waals surface area contributed by atoms with E-state index >= 15 is 0 Å². The Kier molecular flexibility index (Phi) is 6.02. The van der Waals surface area contributed by atoms with Gasteiger partial charge in [0, 0.05) is 10.8 Å². The van der Waals surface area contributed by atoms with Gasteiger partial charge in [-0.25, -0.2) is 0 Å². The summed E-state index contributed by atoms with van der Waals surface area (Å²) in [4.78, 5) is 0. The molecular formula is C50H30O. The number of benzene rings is 10. The molecule has 0 saturated carbocycles. The second-order valence-corrected chi connectivity index (χ2v) is 13.6. The standard InChI is InChI=1S/C50H30O/c1-2-11-37-31(10-1)24-26-39-38(37)17-9-18-41(39)50-44-15-5-3-13-42(44)49(43-14-4-6-16-45(43)50)36-23-22-32-28-33(20-21-34(32)29-36)35-25-27-48-46(30-35)40-12-7-8-19-47(40)51-48/h1-30H. The van der Waals surface area contributed by atoms with Gasteiger partial charge in [-0.05, 0) is 118 Å². The predicted octanol–water partition coefficient (Wildman–Crippen LogP) is 14.4. The first-order chi connectivity index (χ1) is 25.3. The van der Waals surface area contributed by atoms with Crippen molar-refractivity contribution in [2.75, 3.05) is 0 Å². The van der Waals surface area contributed by atoms with Gasteiger partial charge < -0.3 is 4.42 Å². The maximum absolute atomic E-state index is 6.10. The molecule has 11 aromatic rings. The van der Waals surface area contributed by atoms with Crippen molar-refractivity contribution in [1.82, 2.24) is 0 Å². The summed E-state index contributed by atoms with van der Waals surface area (Å²) in [6, 6.07) is 66.5. The maximum atomic E-state index is 6.10. The van der Waals surface area contributed by atoms with Gasteiger partial charge in [-0.1, -0.05) is 152 Å². The molecule has 0 aliphatic rings. The van der Waals surface area contributed by atoms with E-state index in [9.17, 15) is 0 Å². The molecule has 1 nitrogen and oxygen atoms in total. The van der Waals surface area contributed by atoms with E-state index in [1.54, 1.807) is 0 Å². The fraction of sp³-hybridized carbons (Fsp3) is 0. The first-order valence-electron chi connectivity index (χ1n) is 17.6. The van der Waals surface area contributed by atoms with Crippen LogP contribution >= 0.6 is 0 Å². The van der Waals surface area contributed by atoms with Crippen molar-refractivity contribution in [2.45, 2.75) is 0 Å².